The van der Waals surface area contributed by atoms with E-state index in [0.29, 0.717) is 68.0 Å². The number of carboxylic acid groups (broad SMARTS) is 1. The van der Waals surface area contributed by atoms with Crippen LogP contribution < -0.4 is 10.9 Å². The molecule has 6 rings (SSSR count). The second-order valence-corrected chi connectivity index (χ2v) is 10.4. The summed E-state index contributed by atoms with van der Waals surface area (Å²) in [6.45, 7) is 0.690. The number of rotatable bonds is 7. The first-order chi connectivity index (χ1) is 20.2. The van der Waals surface area contributed by atoms with Gasteiger partial charge in [-0.3, -0.25) is 9.69 Å². The van der Waals surface area contributed by atoms with E-state index >= 15 is 0 Å². The van der Waals surface area contributed by atoms with Gasteiger partial charge in [-0.05, 0) is 65.4 Å². The van der Waals surface area contributed by atoms with Gasteiger partial charge in [0.15, 0.2) is 5.43 Å². The molecule has 0 saturated heterocycles. The van der Waals surface area contributed by atoms with E-state index in [2.05, 4.69) is 0 Å². The minimum atomic E-state index is -1.60. The zero-order valence-corrected chi connectivity index (χ0v) is 22.6. The van der Waals surface area contributed by atoms with E-state index in [0.717, 1.165) is 5.56 Å². The number of nitrogens with zero attached hydrogens (tertiary/aromatic N) is 1. The maximum Gasteiger partial charge on any atom is 0.488 e. The number of hydrogen-bond donors (Lipinski definition) is 4. The van der Waals surface area contributed by atoms with Crippen LogP contribution in [0.2, 0.25) is 0 Å². The molecule has 8 nitrogen and oxygen atoms in total. The molecule has 0 aliphatic rings. The van der Waals surface area contributed by atoms with Crippen LogP contribution in [0.3, 0.4) is 0 Å². The molecule has 0 bridgehead atoms. The van der Waals surface area contributed by atoms with E-state index in [1.54, 1.807) is 48.5 Å². The van der Waals surface area contributed by atoms with Gasteiger partial charge in [-0.1, -0.05) is 48.5 Å². The largest absolute Gasteiger partial charge is 0.507 e. The highest BCUT2D eigenvalue weighted by Crippen LogP contribution is 2.42. The SMILES string of the molecule is CN(Cc1cc2c(-c3ccccc3C(=O)O)c3ccc4cc(=O)ccc4c3oc2cc1O)Cc1ccccc1B(O)O. The smallest absolute Gasteiger partial charge is 0.488 e. The van der Waals surface area contributed by atoms with E-state index in [9.17, 15) is 29.9 Å². The molecule has 0 amide bonds. The molecule has 0 fully saturated rings. The summed E-state index contributed by atoms with van der Waals surface area (Å²) in [4.78, 5) is 26.2. The monoisotopic (exact) mass is 559 g/mol. The van der Waals surface area contributed by atoms with Gasteiger partial charge in [0.1, 0.15) is 16.9 Å². The van der Waals surface area contributed by atoms with Crippen LogP contribution in [0.15, 0.2) is 100 Å². The van der Waals surface area contributed by atoms with E-state index in [1.165, 1.54) is 18.2 Å². The molecule has 0 unspecified atom stereocenters. The Morgan fingerprint density at radius 2 is 1.55 bits per heavy atom. The minimum absolute atomic E-state index is 0.00696. The van der Waals surface area contributed by atoms with E-state index in [-0.39, 0.29) is 16.7 Å². The van der Waals surface area contributed by atoms with Crippen LogP contribution in [0.25, 0.3) is 43.8 Å². The van der Waals surface area contributed by atoms with Crippen LogP contribution in [0.5, 0.6) is 5.75 Å². The molecule has 208 valence electrons. The summed E-state index contributed by atoms with van der Waals surface area (Å²) < 4.78 is 6.36. The molecule has 42 heavy (non-hydrogen) atoms. The van der Waals surface area contributed by atoms with Gasteiger partial charge in [0.25, 0.3) is 0 Å². The Morgan fingerprint density at radius 1 is 0.833 bits per heavy atom. The second kappa shape index (κ2) is 10.8. The lowest BCUT2D eigenvalue weighted by Crippen LogP contribution is -2.34. The molecule has 6 aromatic rings. The zero-order chi connectivity index (χ0) is 29.5. The molecule has 0 aliphatic carbocycles. The standard InChI is InChI=1S/C33H26BNO7/c1-35(17-20-6-2-5-9-28(20)34(40)41)18-21-15-27-30(16-29(21)37)42-32-23-13-11-22(36)14-19(23)10-12-26(32)31(27)24-7-3-4-8-25(24)33(38)39/h2-16,37,40-41H,17-18H2,1H3,(H,38,39). The number of hydrogen-bond acceptors (Lipinski definition) is 7. The van der Waals surface area contributed by atoms with Crippen molar-refractivity contribution in [1.82, 2.24) is 4.90 Å². The van der Waals surface area contributed by atoms with Crippen LogP contribution in [0.1, 0.15) is 21.5 Å². The summed E-state index contributed by atoms with van der Waals surface area (Å²) in [5, 5.41) is 43.3. The Morgan fingerprint density at radius 3 is 2.33 bits per heavy atom. The normalized spacial score (nSPS) is 11.5. The Hall–Kier alpha value is -4.96. The van der Waals surface area contributed by atoms with Crippen molar-refractivity contribution in [3.8, 4) is 16.9 Å². The summed E-state index contributed by atoms with van der Waals surface area (Å²) in [5.74, 6) is -1.08. The third-order valence-electron chi connectivity index (χ3n) is 7.51. The van der Waals surface area contributed by atoms with Crippen molar-refractivity contribution >= 4 is 51.3 Å². The molecule has 0 aliphatic heterocycles. The predicted molar refractivity (Wildman–Crippen MR) is 163 cm³/mol. The van der Waals surface area contributed by atoms with Crippen molar-refractivity contribution in [2.75, 3.05) is 7.05 Å². The van der Waals surface area contributed by atoms with Crippen molar-refractivity contribution in [2.24, 2.45) is 0 Å². The molecule has 1 heterocycles. The number of phenolic OH excluding ortho intramolecular Hbond substituents is 1. The summed E-state index contributed by atoms with van der Waals surface area (Å²) in [6.07, 6.45) is 0. The molecule has 0 atom stereocenters. The number of benzene rings is 5. The summed E-state index contributed by atoms with van der Waals surface area (Å²) in [6, 6.07) is 25.4. The Bertz CT molecular complexity index is 2070. The third kappa shape index (κ3) is 4.90. The predicted octanol–water partition coefficient (Wildman–Crippen LogP) is 4.48. The summed E-state index contributed by atoms with van der Waals surface area (Å²) >= 11 is 0. The molecular formula is C33H26BNO7. The lowest BCUT2D eigenvalue weighted by molar-refractivity contribution is 0.0697. The quantitative estimate of drug-likeness (QED) is 0.128. The van der Waals surface area contributed by atoms with Gasteiger partial charge >= 0.3 is 13.1 Å². The summed E-state index contributed by atoms with van der Waals surface area (Å²) in [7, 11) is 0.248. The lowest BCUT2D eigenvalue weighted by Gasteiger charge is -2.21. The van der Waals surface area contributed by atoms with Crippen molar-refractivity contribution in [3.05, 3.63) is 118 Å². The average molecular weight is 559 g/mol. The number of carbonyl (C=O) groups is 1. The third-order valence-corrected chi connectivity index (χ3v) is 7.51. The van der Waals surface area contributed by atoms with Crippen LogP contribution in [-0.2, 0) is 13.1 Å². The molecule has 9 heteroatoms. The first kappa shape index (κ1) is 27.2. The van der Waals surface area contributed by atoms with Crippen molar-refractivity contribution in [2.45, 2.75) is 13.1 Å². The van der Waals surface area contributed by atoms with Gasteiger partial charge in [0, 0.05) is 46.4 Å². The minimum Gasteiger partial charge on any atom is -0.507 e. The van der Waals surface area contributed by atoms with Gasteiger partial charge in [-0.2, -0.15) is 0 Å². The van der Waals surface area contributed by atoms with E-state index in [4.69, 9.17) is 4.42 Å². The zero-order valence-electron chi connectivity index (χ0n) is 22.6. The Labute approximate surface area is 240 Å². The van der Waals surface area contributed by atoms with Crippen molar-refractivity contribution < 1.29 is 29.5 Å². The lowest BCUT2D eigenvalue weighted by atomic mass is 9.77. The molecule has 4 N–H and O–H groups in total. The van der Waals surface area contributed by atoms with Crippen molar-refractivity contribution in [3.63, 3.8) is 0 Å². The van der Waals surface area contributed by atoms with E-state index in [1.807, 2.05) is 36.2 Å². The number of aromatic hydroxyl groups is 1. The van der Waals surface area contributed by atoms with Crippen molar-refractivity contribution in [1.29, 1.82) is 0 Å². The topological polar surface area (TPSA) is 131 Å². The first-order valence-electron chi connectivity index (χ1n) is 13.3. The maximum absolute atomic E-state index is 12.3. The van der Waals surface area contributed by atoms with Gasteiger partial charge in [-0.15, -0.1) is 0 Å². The fourth-order valence-electron chi connectivity index (χ4n) is 5.61. The highest BCUT2D eigenvalue weighted by molar-refractivity contribution is 6.59. The Kier molecular flexibility index (Phi) is 7.00. The Balaban J connectivity index is 1.56. The van der Waals surface area contributed by atoms with Gasteiger partial charge in [-0.25, -0.2) is 4.79 Å². The number of fused-ring (bicyclic) bond motifs is 4. The first-order valence-corrected chi connectivity index (χ1v) is 13.3. The molecule has 1 aromatic heterocycles. The number of phenols is 1. The molecule has 0 radical (unpaired) electrons. The molecular weight excluding hydrogens is 533 g/mol. The maximum atomic E-state index is 12.3. The highest BCUT2D eigenvalue weighted by Gasteiger charge is 2.22. The van der Waals surface area contributed by atoms with Crippen LogP contribution in [0.4, 0.5) is 0 Å². The van der Waals surface area contributed by atoms with Crippen LogP contribution >= 0.6 is 0 Å². The van der Waals surface area contributed by atoms with Gasteiger partial charge in [0.2, 0.25) is 0 Å². The second-order valence-electron chi connectivity index (χ2n) is 10.4. The molecule has 0 spiro atoms. The molecule has 5 aromatic carbocycles. The van der Waals surface area contributed by atoms with Gasteiger partial charge in [0.05, 0.1) is 5.56 Å². The summed E-state index contributed by atoms with van der Waals surface area (Å²) in [5.41, 5.74) is 3.65. The fraction of sp³-hybridized carbons (Fsp3) is 0.0909. The molecule has 0 saturated carbocycles. The fourth-order valence-corrected chi connectivity index (χ4v) is 5.61. The number of aromatic carboxylic acids is 1. The highest BCUT2D eigenvalue weighted by atomic mass is 16.4. The van der Waals surface area contributed by atoms with E-state index < -0.39 is 13.1 Å². The average Bonchev–Trinajstić information content (AvgIpc) is 2.96. The van der Waals surface area contributed by atoms with Gasteiger partial charge < -0.3 is 24.7 Å². The van der Waals surface area contributed by atoms with Crippen LogP contribution in [-0.4, -0.2) is 45.3 Å². The van der Waals surface area contributed by atoms with Crippen LogP contribution in [0, 0.1) is 0 Å². The number of carboxylic acids is 1.